The quantitative estimate of drug-likeness (QED) is 0.202. The molecular formula is C43H32N2O. The average Bonchev–Trinajstić information content (AvgIpc) is 3.11. The van der Waals surface area contributed by atoms with Crippen molar-refractivity contribution < 1.29 is 4.74 Å². The van der Waals surface area contributed by atoms with E-state index < -0.39 is 0 Å². The molecular weight excluding hydrogens is 560 g/mol. The summed E-state index contributed by atoms with van der Waals surface area (Å²) >= 11 is 0. The molecule has 3 nitrogen and oxygen atoms in total. The molecule has 0 N–H and O–H groups in total. The Balaban J connectivity index is 1.32. The van der Waals surface area contributed by atoms with Gasteiger partial charge >= 0.3 is 0 Å². The number of hydrogen-bond acceptors (Lipinski definition) is 3. The summed E-state index contributed by atoms with van der Waals surface area (Å²) in [6.45, 7) is 4.70. The summed E-state index contributed by atoms with van der Waals surface area (Å²) in [6, 6.07) is 56.3. The monoisotopic (exact) mass is 592 g/mol. The second kappa shape index (κ2) is 10.1. The van der Waals surface area contributed by atoms with Crippen LogP contribution in [0, 0.1) is 0 Å². The minimum Gasteiger partial charge on any atom is -0.453 e. The lowest BCUT2D eigenvalue weighted by molar-refractivity contribution is 0.472. The second-order valence-corrected chi connectivity index (χ2v) is 12.6. The maximum absolute atomic E-state index is 6.79. The van der Waals surface area contributed by atoms with Gasteiger partial charge in [-0.2, -0.15) is 0 Å². The van der Waals surface area contributed by atoms with Gasteiger partial charge in [0.25, 0.3) is 0 Å². The molecule has 0 unspecified atom stereocenters. The summed E-state index contributed by atoms with van der Waals surface area (Å²) in [5.74, 6) is 1.74. The molecule has 2 aliphatic rings. The molecule has 0 spiro atoms. The molecule has 0 saturated carbocycles. The zero-order valence-corrected chi connectivity index (χ0v) is 25.8. The highest BCUT2D eigenvalue weighted by molar-refractivity contribution is 6.07. The van der Waals surface area contributed by atoms with Crippen molar-refractivity contribution in [2.45, 2.75) is 19.3 Å². The lowest BCUT2D eigenvalue weighted by atomic mass is 9.72. The second-order valence-electron chi connectivity index (χ2n) is 12.6. The highest BCUT2D eigenvalue weighted by Gasteiger charge is 2.44. The van der Waals surface area contributed by atoms with Gasteiger partial charge in [-0.05, 0) is 70.6 Å². The number of anilines is 6. The summed E-state index contributed by atoms with van der Waals surface area (Å²) in [5, 5.41) is 2.37. The Kier molecular flexibility index (Phi) is 5.85. The van der Waals surface area contributed by atoms with E-state index in [1.807, 2.05) is 0 Å². The van der Waals surface area contributed by atoms with Crippen molar-refractivity contribution in [2.24, 2.45) is 0 Å². The van der Waals surface area contributed by atoms with E-state index in [1.165, 1.54) is 38.7 Å². The molecule has 3 heteroatoms. The van der Waals surface area contributed by atoms with Crippen LogP contribution in [0.1, 0.15) is 25.0 Å². The minimum absolute atomic E-state index is 0.323. The molecule has 0 radical (unpaired) electrons. The first-order valence-corrected chi connectivity index (χ1v) is 15.9. The highest BCUT2D eigenvalue weighted by Crippen LogP contribution is 2.63. The average molecular weight is 593 g/mol. The number of para-hydroxylation sites is 2. The van der Waals surface area contributed by atoms with E-state index in [-0.39, 0.29) is 5.41 Å². The van der Waals surface area contributed by atoms with Crippen molar-refractivity contribution in [2.75, 3.05) is 9.80 Å². The van der Waals surface area contributed by atoms with Crippen LogP contribution in [0.5, 0.6) is 11.5 Å². The first-order valence-electron chi connectivity index (χ1n) is 15.9. The normalized spacial score (nSPS) is 13.7. The summed E-state index contributed by atoms with van der Waals surface area (Å²) in [4.78, 5) is 4.86. The van der Waals surface area contributed by atoms with E-state index in [0.717, 1.165) is 39.9 Å². The van der Waals surface area contributed by atoms with Gasteiger partial charge in [0.05, 0.1) is 22.7 Å². The summed E-state index contributed by atoms with van der Waals surface area (Å²) in [5.41, 5.74) is 11.3. The number of nitrogens with zero attached hydrogens (tertiary/aromatic N) is 2. The third kappa shape index (κ3) is 3.92. The Bertz CT molecular complexity index is 2260. The third-order valence-corrected chi connectivity index (χ3v) is 9.58. The van der Waals surface area contributed by atoms with Crippen LogP contribution in [0.25, 0.3) is 21.9 Å². The molecule has 2 heterocycles. The van der Waals surface area contributed by atoms with E-state index in [1.54, 1.807) is 0 Å². The van der Waals surface area contributed by atoms with Gasteiger partial charge in [-0.3, -0.25) is 0 Å². The third-order valence-electron chi connectivity index (χ3n) is 9.58. The van der Waals surface area contributed by atoms with E-state index in [0.29, 0.717) is 0 Å². The van der Waals surface area contributed by atoms with Crippen molar-refractivity contribution in [3.8, 4) is 22.6 Å². The molecule has 46 heavy (non-hydrogen) atoms. The standard InChI is InChI=1S/C43H32N2O/c1-43(2)35-19-11-12-20-36(35)45-41-34-18-10-9-15-31(34)23-27-38(41)46-39-28-26-37(40(43)42(39)45)44(32-16-7-4-8-17-32)33-24-21-30(22-25-33)29-13-5-3-6-14-29/h3-28H,1-2H3. The van der Waals surface area contributed by atoms with E-state index in [2.05, 4.69) is 181 Å². The van der Waals surface area contributed by atoms with E-state index >= 15 is 0 Å². The van der Waals surface area contributed by atoms with Gasteiger partial charge in [-0.15, -0.1) is 0 Å². The van der Waals surface area contributed by atoms with Crippen molar-refractivity contribution in [1.82, 2.24) is 0 Å². The Morgan fingerprint density at radius 1 is 0.522 bits per heavy atom. The molecule has 0 aliphatic carbocycles. The predicted molar refractivity (Wildman–Crippen MR) is 191 cm³/mol. The lowest BCUT2D eigenvalue weighted by Crippen LogP contribution is -2.34. The Hall–Kier alpha value is -5.80. The Labute approximate surface area is 269 Å². The van der Waals surface area contributed by atoms with Gasteiger partial charge in [0.2, 0.25) is 0 Å². The van der Waals surface area contributed by atoms with Crippen molar-refractivity contribution >= 4 is 44.9 Å². The largest absolute Gasteiger partial charge is 0.453 e. The summed E-state index contributed by atoms with van der Waals surface area (Å²) in [7, 11) is 0. The van der Waals surface area contributed by atoms with Crippen molar-refractivity contribution in [3.05, 3.63) is 169 Å². The van der Waals surface area contributed by atoms with Crippen LogP contribution in [0.4, 0.5) is 34.1 Å². The smallest absolute Gasteiger partial charge is 0.152 e. The molecule has 0 aromatic heterocycles. The summed E-state index contributed by atoms with van der Waals surface area (Å²) in [6.07, 6.45) is 0. The van der Waals surface area contributed by atoms with Crippen LogP contribution >= 0.6 is 0 Å². The number of rotatable bonds is 4. The Morgan fingerprint density at radius 3 is 1.93 bits per heavy atom. The molecule has 2 aliphatic heterocycles. The maximum atomic E-state index is 6.79. The molecule has 0 amide bonds. The number of hydrogen-bond donors (Lipinski definition) is 0. The fourth-order valence-corrected chi connectivity index (χ4v) is 7.46. The molecule has 9 rings (SSSR count). The van der Waals surface area contributed by atoms with Gasteiger partial charge in [0, 0.05) is 27.7 Å². The molecule has 0 bridgehead atoms. The fourth-order valence-electron chi connectivity index (χ4n) is 7.46. The molecule has 0 fully saturated rings. The van der Waals surface area contributed by atoms with Crippen LogP contribution in [-0.4, -0.2) is 0 Å². The number of ether oxygens (including phenoxy) is 1. The molecule has 0 atom stereocenters. The van der Waals surface area contributed by atoms with Crippen LogP contribution in [0.3, 0.4) is 0 Å². The molecule has 0 saturated heterocycles. The summed E-state index contributed by atoms with van der Waals surface area (Å²) < 4.78 is 6.79. The minimum atomic E-state index is -0.323. The van der Waals surface area contributed by atoms with E-state index in [4.69, 9.17) is 4.74 Å². The number of fused-ring (bicyclic) bond motifs is 6. The van der Waals surface area contributed by atoms with Crippen LogP contribution < -0.4 is 14.5 Å². The Morgan fingerprint density at radius 2 is 1.13 bits per heavy atom. The lowest BCUT2D eigenvalue weighted by Gasteiger charge is -2.47. The van der Waals surface area contributed by atoms with Gasteiger partial charge < -0.3 is 14.5 Å². The molecule has 220 valence electrons. The SMILES string of the molecule is CC1(C)c2ccccc2N2c3c(ccc(N(c4ccccc4)c4ccc(-c5ccccc5)cc4)c31)Oc1ccc3ccccc3c12. The zero-order chi connectivity index (χ0) is 30.8. The number of benzene rings is 7. The topological polar surface area (TPSA) is 15.7 Å². The zero-order valence-electron chi connectivity index (χ0n) is 25.8. The van der Waals surface area contributed by atoms with Crippen LogP contribution in [0.2, 0.25) is 0 Å². The molecule has 7 aromatic carbocycles. The van der Waals surface area contributed by atoms with Crippen LogP contribution in [-0.2, 0) is 5.41 Å². The predicted octanol–water partition coefficient (Wildman–Crippen LogP) is 12.2. The van der Waals surface area contributed by atoms with Gasteiger partial charge in [0.15, 0.2) is 11.5 Å². The van der Waals surface area contributed by atoms with Crippen molar-refractivity contribution in [3.63, 3.8) is 0 Å². The first kappa shape index (κ1) is 26.6. The first-order chi connectivity index (χ1) is 22.6. The van der Waals surface area contributed by atoms with Gasteiger partial charge in [0.1, 0.15) is 0 Å². The fraction of sp³-hybridized carbons (Fsp3) is 0.0698. The highest BCUT2D eigenvalue weighted by atomic mass is 16.5. The van der Waals surface area contributed by atoms with Crippen LogP contribution in [0.15, 0.2) is 158 Å². The molecule has 7 aromatic rings. The maximum Gasteiger partial charge on any atom is 0.152 e. The van der Waals surface area contributed by atoms with Gasteiger partial charge in [-0.1, -0.05) is 123 Å². The van der Waals surface area contributed by atoms with E-state index in [9.17, 15) is 0 Å². The van der Waals surface area contributed by atoms with Gasteiger partial charge in [-0.25, -0.2) is 0 Å². The van der Waals surface area contributed by atoms with Crippen molar-refractivity contribution in [1.29, 1.82) is 0 Å².